The summed E-state index contributed by atoms with van der Waals surface area (Å²) in [5.41, 5.74) is 0. The van der Waals surface area contributed by atoms with E-state index in [1.165, 1.54) is 77.0 Å². The molecule has 0 aromatic rings. The summed E-state index contributed by atoms with van der Waals surface area (Å²) in [6, 6.07) is 0. The molecule has 0 heterocycles. The molecule has 0 aliphatic heterocycles. The third-order valence-corrected chi connectivity index (χ3v) is 5.65. The molecule has 0 radical (unpaired) electrons. The monoisotopic (exact) mass is 422 g/mol. The van der Waals surface area contributed by atoms with E-state index in [4.69, 9.17) is 16.3 Å². The highest BCUT2D eigenvalue weighted by molar-refractivity contribution is 8.07. The van der Waals surface area contributed by atoms with Crippen LogP contribution < -0.4 is 0 Å². The lowest BCUT2D eigenvalue weighted by molar-refractivity contribution is -0.212. The lowest BCUT2D eigenvalue weighted by Crippen LogP contribution is -2.02. The van der Waals surface area contributed by atoms with Crippen molar-refractivity contribution in [3.05, 3.63) is 12.7 Å². The molecule has 1 N–H and O–H groups in total. The summed E-state index contributed by atoms with van der Waals surface area (Å²) < 4.78 is 9.53. The molecule has 160 valence electrons. The average molecular weight is 423 g/mol. The third-order valence-electron chi connectivity index (χ3n) is 4.38. The van der Waals surface area contributed by atoms with Gasteiger partial charge in [-0.15, -0.1) is 0 Å². The summed E-state index contributed by atoms with van der Waals surface area (Å²) >= 11 is 4.73. The van der Waals surface area contributed by atoms with Gasteiger partial charge >= 0.3 is 12.7 Å². The molecular formula is C20H39O5PS. The molecule has 7 heteroatoms. The van der Waals surface area contributed by atoms with Gasteiger partial charge in [0.15, 0.2) is 0 Å². The summed E-state index contributed by atoms with van der Waals surface area (Å²) in [5, 5.41) is 0. The smallest absolute Gasteiger partial charge is 0.322 e. The van der Waals surface area contributed by atoms with Crippen molar-refractivity contribution in [2.24, 2.45) is 0 Å². The molecule has 0 spiro atoms. The number of rotatable bonds is 20. The fourth-order valence-corrected chi connectivity index (χ4v) is 3.68. The minimum atomic E-state index is -3.51. The van der Waals surface area contributed by atoms with Gasteiger partial charge in [-0.2, -0.15) is 0 Å². The summed E-state index contributed by atoms with van der Waals surface area (Å²) in [6.45, 7) is 2.27. The maximum Gasteiger partial charge on any atom is 0.365 e. The Hall–Kier alpha value is -0.260. The fraction of sp³-hybridized carbons (Fsp3) is 0.850. The first-order valence-corrected chi connectivity index (χ1v) is 13.1. The molecule has 0 amide bonds. The second-order valence-electron chi connectivity index (χ2n) is 6.93. The second-order valence-corrected chi connectivity index (χ2v) is 9.66. The molecule has 1 unspecified atom stereocenters. The zero-order chi connectivity index (χ0) is 20.2. The highest BCUT2D eigenvalue weighted by Gasteiger charge is 2.18. The maximum atomic E-state index is 10.8. The summed E-state index contributed by atoms with van der Waals surface area (Å²) in [7, 11) is 0. The van der Waals surface area contributed by atoms with E-state index >= 15 is 0 Å². The molecule has 0 aliphatic rings. The van der Waals surface area contributed by atoms with Crippen LogP contribution in [0.15, 0.2) is 12.7 Å². The van der Waals surface area contributed by atoms with Crippen molar-refractivity contribution in [1.29, 1.82) is 0 Å². The van der Waals surface area contributed by atoms with E-state index in [2.05, 4.69) is 23.1 Å². The van der Waals surface area contributed by atoms with Crippen LogP contribution in [-0.2, 0) is 30.7 Å². The lowest BCUT2D eigenvalue weighted by atomic mass is 10.0. The summed E-state index contributed by atoms with van der Waals surface area (Å²) in [6.07, 6.45) is 20.2. The van der Waals surface area contributed by atoms with Crippen LogP contribution in [-0.4, -0.2) is 17.5 Å². The number of carbonyl (C=O) groups excluding carboxylic acids is 1. The molecule has 5 nitrogen and oxygen atoms in total. The number of hydrogen-bond acceptors (Lipinski definition) is 5. The second kappa shape index (κ2) is 19.1. The van der Waals surface area contributed by atoms with Crippen LogP contribution in [0.1, 0.15) is 103 Å². The van der Waals surface area contributed by atoms with Crippen LogP contribution in [0.3, 0.4) is 0 Å². The highest BCUT2D eigenvalue weighted by atomic mass is 32.5. The van der Waals surface area contributed by atoms with Gasteiger partial charge in [0.2, 0.25) is 0 Å². The van der Waals surface area contributed by atoms with Gasteiger partial charge < -0.3 is 9.42 Å². The summed E-state index contributed by atoms with van der Waals surface area (Å²) in [5.74, 6) is -0.811. The molecule has 0 saturated heterocycles. The molecule has 0 aromatic heterocycles. The van der Waals surface area contributed by atoms with Crippen molar-refractivity contribution in [2.75, 3.05) is 6.61 Å². The Bertz CT molecular complexity index is 417. The molecule has 0 rings (SSSR count). The first kappa shape index (κ1) is 26.7. The largest absolute Gasteiger partial charge is 0.365 e. The molecule has 0 bridgehead atoms. The lowest BCUT2D eigenvalue weighted by Gasteiger charge is -2.13. The van der Waals surface area contributed by atoms with Crippen LogP contribution >= 0.6 is 6.72 Å². The van der Waals surface area contributed by atoms with Gasteiger partial charge in [0.1, 0.15) is 0 Å². The molecule has 0 aromatic carbocycles. The van der Waals surface area contributed by atoms with Crippen molar-refractivity contribution < 1.29 is 23.8 Å². The van der Waals surface area contributed by atoms with Gasteiger partial charge in [-0.05, 0) is 18.2 Å². The summed E-state index contributed by atoms with van der Waals surface area (Å²) in [4.78, 5) is 24.7. The fourth-order valence-electron chi connectivity index (χ4n) is 2.79. The third kappa shape index (κ3) is 20.3. The first-order valence-electron chi connectivity index (χ1n) is 10.5. The average Bonchev–Trinajstić information content (AvgIpc) is 2.65. The standard InChI is InChI=1S/C20H39O5PS/c1-3-5-6-7-8-9-10-11-12-13-14-15-16-17-18-19-23-26(22,27)25-24-20(21)4-2/h4H,2-3,5-19H2,1H3,(H,22,27). The van der Waals surface area contributed by atoms with Crippen molar-refractivity contribution in [3.8, 4) is 0 Å². The van der Waals surface area contributed by atoms with Crippen molar-refractivity contribution in [2.45, 2.75) is 103 Å². The van der Waals surface area contributed by atoms with Crippen molar-refractivity contribution in [1.82, 2.24) is 0 Å². The number of hydrogen-bond donors (Lipinski definition) is 1. The zero-order valence-corrected chi connectivity index (χ0v) is 18.7. The van der Waals surface area contributed by atoms with Gasteiger partial charge in [-0.3, -0.25) is 4.89 Å². The number of unbranched alkanes of at least 4 members (excludes halogenated alkanes) is 14. The van der Waals surface area contributed by atoms with Gasteiger partial charge in [0, 0.05) is 6.08 Å². The van der Waals surface area contributed by atoms with Gasteiger partial charge in [-0.1, -0.05) is 108 Å². The highest BCUT2D eigenvalue weighted by Crippen LogP contribution is 2.44. The van der Waals surface area contributed by atoms with E-state index < -0.39 is 12.7 Å². The minimum Gasteiger partial charge on any atom is -0.322 e. The van der Waals surface area contributed by atoms with Crippen molar-refractivity contribution >= 4 is 24.5 Å². The van der Waals surface area contributed by atoms with Gasteiger partial charge in [0.25, 0.3) is 0 Å². The minimum absolute atomic E-state index is 0.303. The number of carbonyl (C=O) groups is 1. The van der Waals surface area contributed by atoms with Crippen LogP contribution in [0.25, 0.3) is 0 Å². The van der Waals surface area contributed by atoms with Gasteiger partial charge in [0.05, 0.1) is 6.61 Å². The van der Waals surface area contributed by atoms with Gasteiger partial charge in [-0.25, -0.2) is 4.79 Å². The SMILES string of the molecule is C=CC(=O)OOP(O)(=S)OCCCCCCCCCCCCCCCCC. The van der Waals surface area contributed by atoms with Crippen LogP contribution in [0.2, 0.25) is 0 Å². The topological polar surface area (TPSA) is 65.0 Å². The van der Waals surface area contributed by atoms with E-state index in [0.29, 0.717) is 6.61 Å². The zero-order valence-electron chi connectivity index (χ0n) is 17.0. The van der Waals surface area contributed by atoms with E-state index in [-0.39, 0.29) is 0 Å². The Kier molecular flexibility index (Phi) is 18.9. The molecule has 0 aliphatic carbocycles. The molecule has 1 atom stereocenters. The van der Waals surface area contributed by atoms with E-state index in [9.17, 15) is 9.69 Å². The Morgan fingerprint density at radius 1 is 0.889 bits per heavy atom. The Balaban J connectivity index is 3.27. The quantitative estimate of drug-likeness (QED) is 0.0769. The molecular weight excluding hydrogens is 383 g/mol. The van der Waals surface area contributed by atoms with E-state index in [0.717, 1.165) is 25.3 Å². The Morgan fingerprint density at radius 3 is 1.70 bits per heavy atom. The van der Waals surface area contributed by atoms with Crippen LogP contribution in [0.5, 0.6) is 0 Å². The predicted octanol–water partition coefficient (Wildman–Crippen LogP) is 6.75. The Labute approximate surface area is 171 Å². The van der Waals surface area contributed by atoms with Crippen LogP contribution in [0, 0.1) is 0 Å². The molecule has 27 heavy (non-hydrogen) atoms. The Morgan fingerprint density at radius 2 is 1.30 bits per heavy atom. The maximum absolute atomic E-state index is 10.8. The molecule has 0 fully saturated rings. The molecule has 0 saturated carbocycles. The van der Waals surface area contributed by atoms with Crippen molar-refractivity contribution in [3.63, 3.8) is 0 Å². The van der Waals surface area contributed by atoms with E-state index in [1.807, 2.05) is 0 Å². The van der Waals surface area contributed by atoms with Crippen LogP contribution in [0.4, 0.5) is 0 Å². The normalized spacial score (nSPS) is 13.3. The first-order chi connectivity index (χ1) is 13.0. The predicted molar refractivity (Wildman–Crippen MR) is 115 cm³/mol. The van der Waals surface area contributed by atoms with E-state index in [1.54, 1.807) is 0 Å².